The first-order valence-corrected chi connectivity index (χ1v) is 7.42. The number of alkyl halides is 3. The summed E-state index contributed by atoms with van der Waals surface area (Å²) < 4.78 is 50.7. The minimum absolute atomic E-state index is 0.189. The number of hydrogen-bond acceptors (Lipinski definition) is 4. The van der Waals surface area contributed by atoms with E-state index in [-0.39, 0.29) is 11.5 Å². The van der Waals surface area contributed by atoms with Gasteiger partial charge >= 0.3 is 18.2 Å². The van der Waals surface area contributed by atoms with Crippen LogP contribution >= 0.6 is 0 Å². The average Bonchev–Trinajstić information content (AvgIpc) is 2.61. The molecule has 0 saturated heterocycles. The highest BCUT2D eigenvalue weighted by Gasteiger charge is 2.66. The molecular formula is C18H18F3NO4. The molecule has 0 radical (unpaired) electrons. The second-order valence-electron chi connectivity index (χ2n) is 5.17. The Labute approximate surface area is 149 Å². The molecule has 1 rings (SSSR count). The Bertz CT molecular complexity index is 682. The Morgan fingerprint density at radius 1 is 1.31 bits per heavy atom. The van der Waals surface area contributed by atoms with Gasteiger partial charge in [0.25, 0.3) is 0 Å². The van der Waals surface area contributed by atoms with E-state index in [9.17, 15) is 22.8 Å². The molecule has 0 aliphatic carbocycles. The summed E-state index contributed by atoms with van der Waals surface area (Å²) in [5.74, 6) is 0.0864. The fraction of sp³-hybridized carbons (Fsp3) is 0.333. The number of esters is 1. The molecular weight excluding hydrogens is 351 g/mol. The van der Waals surface area contributed by atoms with Crippen molar-refractivity contribution in [2.45, 2.75) is 24.7 Å². The smallest absolute Gasteiger partial charge is 0.423 e. The first kappa shape index (κ1) is 21.1. The Morgan fingerprint density at radius 2 is 1.92 bits per heavy atom. The molecule has 0 spiro atoms. The summed E-state index contributed by atoms with van der Waals surface area (Å²) in [5, 5.41) is 0. The standard InChI is InChI=1S/C18H18F3NO4/c1-4-11-17(15(23)25-3,18(19,20)21)22(12-5-2)16(24)26-13-14-9-7-6-8-10-14/h1,5-10H,2,11-13H2,3H3. The van der Waals surface area contributed by atoms with Crippen LogP contribution in [0.3, 0.4) is 0 Å². The molecule has 0 saturated carbocycles. The predicted octanol–water partition coefficient (Wildman–Crippen LogP) is 3.31. The van der Waals surface area contributed by atoms with Crippen LogP contribution in [0.4, 0.5) is 18.0 Å². The van der Waals surface area contributed by atoms with E-state index >= 15 is 0 Å². The van der Waals surface area contributed by atoms with E-state index in [1.165, 1.54) is 0 Å². The van der Waals surface area contributed by atoms with Gasteiger partial charge in [-0.05, 0) is 5.56 Å². The van der Waals surface area contributed by atoms with Gasteiger partial charge in [0.05, 0.1) is 13.5 Å². The summed E-state index contributed by atoms with van der Waals surface area (Å²) in [4.78, 5) is 24.6. The highest BCUT2D eigenvalue weighted by molar-refractivity contribution is 5.87. The van der Waals surface area contributed by atoms with Crippen LogP contribution < -0.4 is 0 Å². The Hall–Kier alpha value is -2.95. The summed E-state index contributed by atoms with van der Waals surface area (Å²) in [7, 11) is 0.779. The maximum atomic E-state index is 13.8. The van der Waals surface area contributed by atoms with Gasteiger partial charge in [-0.15, -0.1) is 18.9 Å². The number of terminal acetylenes is 1. The molecule has 0 heterocycles. The lowest BCUT2D eigenvalue weighted by molar-refractivity contribution is -0.232. The summed E-state index contributed by atoms with van der Waals surface area (Å²) in [6, 6.07) is 8.34. The van der Waals surface area contributed by atoms with Crippen LogP contribution in [0, 0.1) is 12.3 Å². The number of carbonyl (C=O) groups excluding carboxylic acids is 2. The topological polar surface area (TPSA) is 55.8 Å². The van der Waals surface area contributed by atoms with Gasteiger partial charge in [-0.1, -0.05) is 36.4 Å². The van der Waals surface area contributed by atoms with Crippen molar-refractivity contribution in [3.05, 3.63) is 48.6 Å². The summed E-state index contributed by atoms with van der Waals surface area (Å²) in [6.07, 6.45) is -1.62. The highest BCUT2D eigenvalue weighted by atomic mass is 19.4. The first-order valence-electron chi connectivity index (χ1n) is 7.42. The number of benzene rings is 1. The molecule has 1 aromatic rings. The number of amides is 1. The number of halogens is 3. The lowest BCUT2D eigenvalue weighted by Gasteiger charge is -2.40. The Kier molecular flexibility index (Phi) is 7.26. The van der Waals surface area contributed by atoms with Gasteiger partial charge in [0.1, 0.15) is 6.61 Å². The summed E-state index contributed by atoms with van der Waals surface area (Å²) in [5.41, 5.74) is -2.81. The zero-order chi connectivity index (χ0) is 19.8. The van der Waals surface area contributed by atoms with Crippen molar-refractivity contribution in [2.75, 3.05) is 13.7 Å². The van der Waals surface area contributed by atoms with Crippen molar-refractivity contribution in [1.82, 2.24) is 4.90 Å². The molecule has 0 aliphatic heterocycles. The number of hydrogen-bond donors (Lipinski definition) is 0. The Morgan fingerprint density at radius 3 is 2.38 bits per heavy atom. The number of ether oxygens (including phenoxy) is 2. The summed E-state index contributed by atoms with van der Waals surface area (Å²) >= 11 is 0. The molecule has 8 heteroatoms. The molecule has 0 aromatic heterocycles. The van der Waals surface area contributed by atoms with Crippen molar-refractivity contribution in [1.29, 1.82) is 0 Å². The molecule has 140 valence electrons. The van der Waals surface area contributed by atoms with Crippen LogP contribution in [0.15, 0.2) is 43.0 Å². The fourth-order valence-electron chi connectivity index (χ4n) is 2.28. The van der Waals surface area contributed by atoms with Crippen LogP contribution in [0.5, 0.6) is 0 Å². The lowest BCUT2D eigenvalue weighted by Crippen LogP contribution is -2.66. The molecule has 5 nitrogen and oxygen atoms in total. The third-order valence-electron chi connectivity index (χ3n) is 3.55. The van der Waals surface area contributed by atoms with Crippen molar-refractivity contribution < 1.29 is 32.2 Å². The van der Waals surface area contributed by atoms with Crippen LogP contribution in [0.25, 0.3) is 0 Å². The van der Waals surface area contributed by atoms with E-state index in [1.54, 1.807) is 36.3 Å². The quantitative estimate of drug-likeness (QED) is 0.420. The normalized spacial score (nSPS) is 13.0. The summed E-state index contributed by atoms with van der Waals surface area (Å²) in [6.45, 7) is 2.42. The molecule has 0 fully saturated rings. The predicted molar refractivity (Wildman–Crippen MR) is 87.8 cm³/mol. The van der Waals surface area contributed by atoms with Crippen LogP contribution in [-0.4, -0.2) is 42.3 Å². The average molecular weight is 369 g/mol. The van der Waals surface area contributed by atoms with Gasteiger partial charge in [0, 0.05) is 6.54 Å². The molecule has 26 heavy (non-hydrogen) atoms. The second-order valence-corrected chi connectivity index (χ2v) is 5.17. The number of nitrogens with zero attached hydrogens (tertiary/aromatic N) is 1. The molecule has 0 aliphatic rings. The van der Waals surface area contributed by atoms with E-state index in [4.69, 9.17) is 11.2 Å². The number of rotatable bonds is 7. The van der Waals surface area contributed by atoms with E-state index < -0.39 is 36.7 Å². The van der Waals surface area contributed by atoms with E-state index in [0.29, 0.717) is 5.56 Å². The zero-order valence-corrected chi connectivity index (χ0v) is 14.1. The Balaban J connectivity index is 3.26. The molecule has 0 bridgehead atoms. The minimum Gasteiger partial charge on any atom is -0.467 e. The van der Waals surface area contributed by atoms with Crippen molar-refractivity contribution in [2.24, 2.45) is 0 Å². The molecule has 1 unspecified atom stereocenters. The molecule has 1 aromatic carbocycles. The maximum Gasteiger partial charge on any atom is 0.423 e. The van der Waals surface area contributed by atoms with Crippen LogP contribution in [0.1, 0.15) is 12.0 Å². The van der Waals surface area contributed by atoms with Crippen molar-refractivity contribution >= 4 is 12.1 Å². The molecule has 1 atom stereocenters. The third-order valence-corrected chi connectivity index (χ3v) is 3.55. The van der Waals surface area contributed by atoms with E-state index in [0.717, 1.165) is 13.2 Å². The van der Waals surface area contributed by atoms with Gasteiger partial charge < -0.3 is 9.47 Å². The zero-order valence-electron chi connectivity index (χ0n) is 14.1. The third kappa shape index (κ3) is 4.36. The second kappa shape index (κ2) is 8.94. The molecule has 1 amide bonds. The van der Waals surface area contributed by atoms with Crippen LogP contribution in [0.2, 0.25) is 0 Å². The lowest BCUT2D eigenvalue weighted by atomic mass is 9.92. The van der Waals surface area contributed by atoms with Gasteiger partial charge in [-0.2, -0.15) is 13.2 Å². The van der Waals surface area contributed by atoms with Gasteiger partial charge in [-0.25, -0.2) is 9.59 Å². The first-order chi connectivity index (χ1) is 12.2. The highest BCUT2D eigenvalue weighted by Crippen LogP contribution is 2.40. The largest absolute Gasteiger partial charge is 0.467 e. The van der Waals surface area contributed by atoms with E-state index in [1.807, 2.05) is 0 Å². The van der Waals surface area contributed by atoms with Gasteiger partial charge in [-0.3, -0.25) is 4.90 Å². The SMILES string of the molecule is C#CCC(C(=O)OC)(N(CC=C)C(=O)OCc1ccccc1)C(F)(F)F. The van der Waals surface area contributed by atoms with Crippen molar-refractivity contribution in [3.8, 4) is 12.3 Å². The maximum absolute atomic E-state index is 13.8. The monoisotopic (exact) mass is 369 g/mol. The van der Waals surface area contributed by atoms with Crippen LogP contribution in [-0.2, 0) is 20.9 Å². The fourth-order valence-corrected chi connectivity index (χ4v) is 2.28. The number of methoxy groups -OCH3 is 1. The van der Waals surface area contributed by atoms with Gasteiger partial charge in [0.15, 0.2) is 0 Å². The van der Waals surface area contributed by atoms with Crippen molar-refractivity contribution in [3.63, 3.8) is 0 Å². The minimum atomic E-state index is -5.19. The number of carbonyl (C=O) groups is 2. The molecule has 0 N–H and O–H groups in total. The van der Waals surface area contributed by atoms with Gasteiger partial charge in [0.2, 0.25) is 5.54 Å². The van der Waals surface area contributed by atoms with E-state index in [2.05, 4.69) is 11.3 Å².